The highest BCUT2D eigenvalue weighted by Crippen LogP contribution is 2.47. The van der Waals surface area contributed by atoms with Gasteiger partial charge in [-0.25, -0.2) is 18.0 Å². The van der Waals surface area contributed by atoms with E-state index in [1.54, 1.807) is 72.1 Å². The molecule has 4 nitrogen and oxygen atoms in total. The maximum Gasteiger partial charge on any atom is 0.337 e. The number of alkyl halides is 2. The molecule has 1 atom stereocenters. The highest BCUT2D eigenvalue weighted by molar-refractivity contribution is 7.90. The molecule has 4 aromatic carbocycles. The molecular formula is C33H20Cl2F3NO3S2. The summed E-state index contributed by atoms with van der Waals surface area (Å²) in [6, 6.07) is 23.9. The lowest BCUT2D eigenvalue weighted by Crippen LogP contribution is -2.14. The zero-order valence-electron chi connectivity index (χ0n) is 22.7. The second kappa shape index (κ2) is 12.3. The van der Waals surface area contributed by atoms with Gasteiger partial charge in [0.1, 0.15) is 22.9 Å². The Balaban J connectivity index is 1.66. The maximum atomic E-state index is 14.8. The van der Waals surface area contributed by atoms with Crippen molar-refractivity contribution < 1.29 is 27.3 Å². The second-order valence-corrected chi connectivity index (χ2v) is 12.8. The molecule has 0 bridgehead atoms. The van der Waals surface area contributed by atoms with Gasteiger partial charge in [-0.2, -0.15) is 3.97 Å². The van der Waals surface area contributed by atoms with E-state index in [0.717, 1.165) is 11.3 Å². The third-order valence-electron chi connectivity index (χ3n) is 7.07. The minimum Gasteiger partial charge on any atom is -0.587 e. The summed E-state index contributed by atoms with van der Waals surface area (Å²) in [5.41, 5.74) is 3.32. The molecule has 0 N–H and O–H groups in total. The maximum absolute atomic E-state index is 14.8. The van der Waals surface area contributed by atoms with Crippen LogP contribution in [0.2, 0.25) is 10.0 Å². The topological polar surface area (TPSA) is 54.3 Å². The minimum absolute atomic E-state index is 0.190. The molecule has 0 saturated heterocycles. The van der Waals surface area contributed by atoms with Crippen LogP contribution in [0.3, 0.4) is 0 Å². The Morgan fingerprint density at radius 2 is 1.68 bits per heavy atom. The Hall–Kier alpha value is -3.73. The van der Waals surface area contributed by atoms with Gasteiger partial charge in [0.2, 0.25) is 0 Å². The van der Waals surface area contributed by atoms with Crippen molar-refractivity contribution in [1.82, 2.24) is 3.97 Å². The molecule has 0 aliphatic rings. The number of ether oxygens (including phenoxy) is 1. The summed E-state index contributed by atoms with van der Waals surface area (Å²) in [7, 11) is 1.27. The number of nitrogens with zero attached hydrogens (tertiary/aromatic N) is 1. The lowest BCUT2D eigenvalue weighted by molar-refractivity contribution is 0.0600. The number of fused-ring (bicyclic) bond motifs is 1. The van der Waals surface area contributed by atoms with Crippen LogP contribution in [-0.2, 0) is 16.1 Å². The number of rotatable bonds is 7. The van der Waals surface area contributed by atoms with Crippen LogP contribution >= 0.6 is 34.5 Å². The first-order valence-electron chi connectivity index (χ1n) is 13.0. The largest absolute Gasteiger partial charge is 0.587 e. The van der Waals surface area contributed by atoms with Crippen molar-refractivity contribution in [2.45, 2.75) is 11.3 Å². The minimum atomic E-state index is -2.79. The lowest BCUT2D eigenvalue weighted by Gasteiger charge is -2.17. The van der Waals surface area contributed by atoms with Gasteiger partial charge in [-0.05, 0) is 77.7 Å². The number of thiophene rings is 1. The van der Waals surface area contributed by atoms with E-state index in [9.17, 15) is 22.5 Å². The van der Waals surface area contributed by atoms with Gasteiger partial charge >= 0.3 is 5.97 Å². The number of carbonyl (C=O) groups is 1. The molecule has 11 heteroatoms. The molecule has 222 valence electrons. The fourth-order valence-corrected chi connectivity index (χ4v) is 7.57. The number of hydrogen-bond donors (Lipinski definition) is 0. The molecular weight excluding hydrogens is 650 g/mol. The lowest BCUT2D eigenvalue weighted by atomic mass is 9.96. The van der Waals surface area contributed by atoms with Gasteiger partial charge in [-0.15, -0.1) is 11.3 Å². The van der Waals surface area contributed by atoms with E-state index in [1.807, 2.05) is 0 Å². The second-order valence-electron chi connectivity index (χ2n) is 9.65. The quantitative estimate of drug-likeness (QED) is 0.126. The number of esters is 1. The standard InChI is InChI=1S/C33H20Cl2F3NO3S2/c1-42-33(40)20-5-11-24(27(35)16-20)18-3-2-4-19(15-18)30-29(25-13-14-43-31(25)32(37)38)26-17-22(36)8-12-28(26)39(30)44(41)23-9-6-21(34)7-10-23/h2-17,32H,1H3. The van der Waals surface area contributed by atoms with Gasteiger partial charge < -0.3 is 9.29 Å². The van der Waals surface area contributed by atoms with Gasteiger partial charge in [0.05, 0.1) is 23.1 Å². The number of methoxy groups -OCH3 is 1. The van der Waals surface area contributed by atoms with Gasteiger partial charge in [0, 0.05) is 37.7 Å². The number of carbonyl (C=O) groups excluding carboxylic acids is 1. The number of benzene rings is 4. The first-order valence-corrected chi connectivity index (χ1v) is 15.8. The summed E-state index contributed by atoms with van der Waals surface area (Å²) in [5.74, 6) is -1.11. The van der Waals surface area contributed by atoms with Crippen molar-refractivity contribution in [3.63, 3.8) is 0 Å². The molecule has 2 aromatic heterocycles. The summed E-state index contributed by atoms with van der Waals surface area (Å²) in [6.45, 7) is 0. The van der Waals surface area contributed by atoms with Crippen LogP contribution in [0.4, 0.5) is 13.2 Å². The van der Waals surface area contributed by atoms with Gasteiger partial charge in [-0.1, -0.05) is 47.5 Å². The Morgan fingerprint density at radius 3 is 2.39 bits per heavy atom. The van der Waals surface area contributed by atoms with Crippen molar-refractivity contribution >= 4 is 62.8 Å². The highest BCUT2D eigenvalue weighted by Gasteiger charge is 2.31. The molecule has 0 spiro atoms. The van der Waals surface area contributed by atoms with Crippen molar-refractivity contribution in [3.8, 4) is 33.5 Å². The summed E-state index contributed by atoms with van der Waals surface area (Å²) in [4.78, 5) is 12.2. The molecule has 0 amide bonds. The smallest absolute Gasteiger partial charge is 0.337 e. The molecule has 0 aliphatic heterocycles. The van der Waals surface area contributed by atoms with Crippen molar-refractivity contribution in [1.29, 1.82) is 0 Å². The molecule has 1 unspecified atom stereocenters. The first kappa shape index (κ1) is 30.3. The van der Waals surface area contributed by atoms with E-state index in [0.29, 0.717) is 48.8 Å². The molecule has 0 radical (unpaired) electrons. The first-order chi connectivity index (χ1) is 21.2. The van der Waals surface area contributed by atoms with Crippen LogP contribution in [0.15, 0.2) is 101 Å². The molecule has 6 aromatic rings. The molecule has 0 aliphatic carbocycles. The Kier molecular flexibility index (Phi) is 8.50. The van der Waals surface area contributed by atoms with E-state index in [-0.39, 0.29) is 21.0 Å². The SMILES string of the molecule is COC(=O)c1ccc(-c2cccc(-c3c(-c4ccsc4C(F)F)c4cc(F)ccc4n3[S+]([O-])c3ccc(Cl)cc3)c2)c(Cl)c1. The van der Waals surface area contributed by atoms with E-state index < -0.39 is 29.6 Å². The fourth-order valence-electron chi connectivity index (χ4n) is 5.12. The predicted molar refractivity (Wildman–Crippen MR) is 171 cm³/mol. The molecule has 44 heavy (non-hydrogen) atoms. The van der Waals surface area contributed by atoms with Crippen molar-refractivity contribution in [2.24, 2.45) is 0 Å². The van der Waals surface area contributed by atoms with Crippen LogP contribution in [-0.4, -0.2) is 21.6 Å². The Morgan fingerprint density at radius 1 is 0.932 bits per heavy atom. The third-order valence-corrected chi connectivity index (χ3v) is 9.94. The van der Waals surface area contributed by atoms with Crippen LogP contribution < -0.4 is 0 Å². The third kappa shape index (κ3) is 5.50. The van der Waals surface area contributed by atoms with E-state index >= 15 is 0 Å². The summed E-state index contributed by atoms with van der Waals surface area (Å²) < 4.78 is 64.0. The highest BCUT2D eigenvalue weighted by atomic mass is 35.5. The van der Waals surface area contributed by atoms with Gasteiger partial charge in [0.25, 0.3) is 6.43 Å². The molecule has 0 fully saturated rings. The molecule has 2 heterocycles. The van der Waals surface area contributed by atoms with E-state index in [4.69, 9.17) is 27.9 Å². The zero-order valence-corrected chi connectivity index (χ0v) is 25.8. The van der Waals surface area contributed by atoms with Crippen molar-refractivity contribution in [2.75, 3.05) is 7.11 Å². The van der Waals surface area contributed by atoms with Crippen LogP contribution in [0.25, 0.3) is 44.4 Å². The number of aromatic nitrogens is 1. The van der Waals surface area contributed by atoms with Crippen LogP contribution in [0, 0.1) is 5.82 Å². The van der Waals surface area contributed by atoms with E-state index in [1.165, 1.54) is 35.3 Å². The Bertz CT molecular complexity index is 2030. The van der Waals surface area contributed by atoms with Crippen LogP contribution in [0.1, 0.15) is 21.7 Å². The fraction of sp³-hybridized carbons (Fsp3) is 0.0606. The number of halogens is 5. The number of hydrogen-bond acceptors (Lipinski definition) is 4. The van der Waals surface area contributed by atoms with Crippen molar-refractivity contribution in [3.05, 3.63) is 123 Å². The monoisotopic (exact) mass is 669 g/mol. The summed E-state index contributed by atoms with van der Waals surface area (Å²) >= 11 is 11.7. The normalized spacial score (nSPS) is 12.2. The zero-order chi connectivity index (χ0) is 31.1. The average Bonchev–Trinajstić information content (AvgIpc) is 3.63. The van der Waals surface area contributed by atoms with Crippen LogP contribution in [0.5, 0.6) is 0 Å². The van der Waals surface area contributed by atoms with Gasteiger partial charge in [-0.3, -0.25) is 0 Å². The summed E-state index contributed by atoms with van der Waals surface area (Å²) in [5, 5.41) is 2.62. The Labute approximate surface area is 267 Å². The molecule has 0 saturated carbocycles. The summed E-state index contributed by atoms with van der Waals surface area (Å²) in [6.07, 6.45) is -2.79. The molecule has 6 rings (SSSR count). The van der Waals surface area contributed by atoms with E-state index in [2.05, 4.69) is 0 Å². The average molecular weight is 671 g/mol. The predicted octanol–water partition coefficient (Wildman–Crippen LogP) is 10.4. The van der Waals surface area contributed by atoms with Gasteiger partial charge in [0.15, 0.2) is 4.90 Å².